The minimum atomic E-state index is -0.578. The Hall–Kier alpha value is -4.26. The van der Waals surface area contributed by atoms with Gasteiger partial charge in [0.25, 0.3) is 17.5 Å². The van der Waals surface area contributed by atoms with Crippen molar-refractivity contribution >= 4 is 35.0 Å². The topological polar surface area (TPSA) is 92.5 Å². The van der Waals surface area contributed by atoms with E-state index in [1.165, 1.54) is 12.1 Å². The molecule has 146 valence electrons. The van der Waals surface area contributed by atoms with Gasteiger partial charge in [0.1, 0.15) is 0 Å². The van der Waals surface area contributed by atoms with Gasteiger partial charge in [-0.05, 0) is 29.0 Å². The molecule has 2 amide bonds. The van der Waals surface area contributed by atoms with Crippen molar-refractivity contribution in [2.75, 3.05) is 11.9 Å². The van der Waals surface area contributed by atoms with Crippen molar-refractivity contribution in [2.24, 2.45) is 0 Å². The highest BCUT2D eigenvalue weighted by Gasteiger charge is 2.37. The van der Waals surface area contributed by atoms with Crippen molar-refractivity contribution in [3.63, 3.8) is 0 Å². The maximum absolute atomic E-state index is 12.9. The maximum Gasteiger partial charge on any atom is 0.270 e. The number of imide groups is 1. The van der Waals surface area contributed by atoms with Crippen LogP contribution in [0.5, 0.6) is 0 Å². The molecule has 0 fully saturated rings. The van der Waals surface area contributed by atoms with E-state index in [1.807, 2.05) is 48.5 Å². The molecule has 30 heavy (non-hydrogen) atoms. The van der Waals surface area contributed by atoms with Crippen LogP contribution in [-0.4, -0.2) is 28.2 Å². The van der Waals surface area contributed by atoms with E-state index in [9.17, 15) is 19.7 Å². The SMILES string of the molecule is O=C1c2ccc([N+](=O)[O-])cc2C(=O)N1CC1=c2ccccc2=Cc2ccccc2N1. The van der Waals surface area contributed by atoms with Crippen molar-refractivity contribution in [3.8, 4) is 0 Å². The molecule has 3 aromatic carbocycles. The van der Waals surface area contributed by atoms with Gasteiger partial charge in [-0.2, -0.15) is 0 Å². The van der Waals surface area contributed by atoms with Crippen LogP contribution in [0.25, 0.3) is 11.8 Å². The summed E-state index contributed by atoms with van der Waals surface area (Å²) in [6.07, 6.45) is 2.05. The van der Waals surface area contributed by atoms with Gasteiger partial charge in [0.15, 0.2) is 0 Å². The molecular weight excluding hydrogens is 382 g/mol. The quantitative estimate of drug-likeness (QED) is 0.416. The van der Waals surface area contributed by atoms with Gasteiger partial charge in [-0.15, -0.1) is 0 Å². The maximum atomic E-state index is 12.9. The number of rotatable bonds is 3. The second-order valence-electron chi connectivity index (χ2n) is 7.11. The highest BCUT2D eigenvalue weighted by Crippen LogP contribution is 2.28. The molecule has 0 saturated heterocycles. The number of carbonyl (C=O) groups is 2. The number of para-hydroxylation sites is 1. The second-order valence-corrected chi connectivity index (χ2v) is 7.11. The molecule has 3 aromatic rings. The van der Waals surface area contributed by atoms with Gasteiger partial charge in [0.05, 0.1) is 22.6 Å². The number of nitrogens with one attached hydrogen (secondary N) is 1. The van der Waals surface area contributed by atoms with Crippen LogP contribution in [0, 0.1) is 10.1 Å². The van der Waals surface area contributed by atoms with Crippen molar-refractivity contribution in [3.05, 3.63) is 104 Å². The first-order chi connectivity index (χ1) is 14.5. The van der Waals surface area contributed by atoms with Gasteiger partial charge in [-0.3, -0.25) is 24.6 Å². The molecule has 2 heterocycles. The molecule has 0 aromatic heterocycles. The third kappa shape index (κ3) is 2.76. The molecular formula is C23H15N3O4. The van der Waals surface area contributed by atoms with Crippen LogP contribution >= 0.6 is 0 Å². The van der Waals surface area contributed by atoms with Crippen LogP contribution in [0.4, 0.5) is 11.4 Å². The third-order valence-electron chi connectivity index (χ3n) is 5.32. The van der Waals surface area contributed by atoms with Crippen molar-refractivity contribution in [2.45, 2.75) is 0 Å². The van der Waals surface area contributed by atoms with Crippen molar-refractivity contribution in [1.29, 1.82) is 0 Å². The zero-order valence-corrected chi connectivity index (χ0v) is 15.7. The lowest BCUT2D eigenvalue weighted by Gasteiger charge is -2.18. The average Bonchev–Trinajstić information content (AvgIpc) is 2.90. The van der Waals surface area contributed by atoms with E-state index < -0.39 is 16.7 Å². The number of hydrogen-bond donors (Lipinski definition) is 1. The molecule has 0 aliphatic carbocycles. The number of amides is 2. The van der Waals surface area contributed by atoms with Crippen molar-refractivity contribution in [1.82, 2.24) is 4.90 Å². The van der Waals surface area contributed by atoms with Crippen LogP contribution in [0.1, 0.15) is 26.3 Å². The Bertz CT molecular complexity index is 1380. The molecule has 0 radical (unpaired) electrons. The van der Waals surface area contributed by atoms with E-state index in [-0.39, 0.29) is 23.4 Å². The Morgan fingerprint density at radius 3 is 2.47 bits per heavy atom. The van der Waals surface area contributed by atoms with Crippen LogP contribution in [0.15, 0.2) is 66.7 Å². The summed E-state index contributed by atoms with van der Waals surface area (Å²) in [6.45, 7) is 0.0271. The number of carbonyl (C=O) groups excluding carboxylic acids is 2. The average molecular weight is 397 g/mol. The Kier molecular flexibility index (Phi) is 3.96. The lowest BCUT2D eigenvalue weighted by molar-refractivity contribution is -0.384. The molecule has 5 rings (SSSR count). The van der Waals surface area contributed by atoms with Crippen LogP contribution < -0.4 is 15.8 Å². The lowest BCUT2D eigenvalue weighted by Crippen LogP contribution is -2.37. The van der Waals surface area contributed by atoms with E-state index in [1.54, 1.807) is 0 Å². The molecule has 0 unspecified atom stereocenters. The Morgan fingerprint density at radius 1 is 0.900 bits per heavy atom. The first-order valence-electron chi connectivity index (χ1n) is 9.33. The summed E-state index contributed by atoms with van der Waals surface area (Å²) in [4.78, 5) is 37.4. The highest BCUT2D eigenvalue weighted by molar-refractivity contribution is 6.22. The van der Waals surface area contributed by atoms with Crippen molar-refractivity contribution < 1.29 is 14.5 Å². The molecule has 2 aliphatic rings. The van der Waals surface area contributed by atoms with Crippen LogP contribution in [0.2, 0.25) is 0 Å². The summed E-state index contributed by atoms with van der Waals surface area (Å²) in [7, 11) is 0. The van der Waals surface area contributed by atoms with Gasteiger partial charge >= 0.3 is 0 Å². The number of nitro groups is 1. The second kappa shape index (κ2) is 6.66. The highest BCUT2D eigenvalue weighted by atomic mass is 16.6. The summed E-state index contributed by atoms with van der Waals surface area (Å²) < 4.78 is 0. The van der Waals surface area contributed by atoms with Crippen LogP contribution in [-0.2, 0) is 0 Å². The largest absolute Gasteiger partial charge is 0.356 e. The van der Waals surface area contributed by atoms with Gasteiger partial charge in [-0.25, -0.2) is 0 Å². The first-order valence-corrected chi connectivity index (χ1v) is 9.33. The summed E-state index contributed by atoms with van der Waals surface area (Å²) in [5.41, 5.74) is 2.60. The summed E-state index contributed by atoms with van der Waals surface area (Å²) in [6, 6.07) is 19.3. The minimum absolute atomic E-state index is 0.0271. The van der Waals surface area contributed by atoms with Gasteiger partial charge < -0.3 is 5.32 Å². The first kappa shape index (κ1) is 17.8. The van der Waals surface area contributed by atoms with Gasteiger partial charge in [0.2, 0.25) is 0 Å². The Labute approximate surface area is 170 Å². The van der Waals surface area contributed by atoms with E-state index in [0.717, 1.165) is 32.7 Å². The predicted octanol–water partition coefficient (Wildman–Crippen LogP) is 2.25. The zero-order chi connectivity index (χ0) is 20.8. The molecule has 7 heteroatoms. The third-order valence-corrected chi connectivity index (χ3v) is 5.32. The molecule has 0 atom stereocenters. The number of benzene rings is 3. The molecule has 1 N–H and O–H groups in total. The van der Waals surface area contributed by atoms with Gasteiger partial charge in [-0.1, -0.05) is 42.5 Å². The monoisotopic (exact) mass is 397 g/mol. The Balaban J connectivity index is 1.59. The predicted molar refractivity (Wildman–Crippen MR) is 111 cm³/mol. The number of non-ortho nitro benzene ring substituents is 1. The fourth-order valence-corrected chi connectivity index (χ4v) is 3.85. The fraction of sp³-hybridized carbons (Fsp3) is 0.0435. The minimum Gasteiger partial charge on any atom is -0.356 e. The number of nitrogens with zero attached hydrogens (tertiary/aromatic N) is 2. The molecule has 0 spiro atoms. The molecule has 0 bridgehead atoms. The molecule has 7 nitrogen and oxygen atoms in total. The number of anilines is 1. The smallest absolute Gasteiger partial charge is 0.270 e. The summed E-state index contributed by atoms with van der Waals surface area (Å²) in [5.74, 6) is -0.995. The van der Waals surface area contributed by atoms with Gasteiger partial charge in [0, 0.05) is 28.7 Å². The number of fused-ring (bicyclic) bond motifs is 3. The molecule has 0 saturated carbocycles. The van der Waals surface area contributed by atoms with E-state index in [4.69, 9.17) is 0 Å². The zero-order valence-electron chi connectivity index (χ0n) is 15.7. The number of hydrogen-bond acceptors (Lipinski definition) is 5. The summed E-state index contributed by atoms with van der Waals surface area (Å²) >= 11 is 0. The normalized spacial score (nSPS) is 14.3. The lowest BCUT2D eigenvalue weighted by atomic mass is 10.1. The summed E-state index contributed by atoms with van der Waals surface area (Å²) in [5, 5.41) is 16.3. The fourth-order valence-electron chi connectivity index (χ4n) is 3.85. The van der Waals surface area contributed by atoms with E-state index in [0.29, 0.717) is 5.70 Å². The number of nitro benzene ring substituents is 1. The van der Waals surface area contributed by atoms with E-state index in [2.05, 4.69) is 11.4 Å². The van der Waals surface area contributed by atoms with E-state index >= 15 is 0 Å². The van der Waals surface area contributed by atoms with Crippen LogP contribution in [0.3, 0.4) is 0 Å². The Morgan fingerprint density at radius 2 is 1.63 bits per heavy atom. The standard InChI is InChI=1S/C23H15N3O4/c27-22-18-10-9-16(26(29)30)12-19(18)23(28)25(22)13-21-17-7-3-1-5-14(17)11-15-6-2-4-8-20(15)24-21/h1-12,24H,13H2. The molecule has 2 aliphatic heterocycles.